The Bertz CT molecular complexity index is 917. The second-order valence-corrected chi connectivity index (χ2v) is 5.70. The molecule has 2 aromatic heterocycles. The molecule has 0 atom stereocenters. The minimum atomic E-state index is -4.49. The molecule has 0 spiro atoms. The molecule has 0 aliphatic carbocycles. The van der Waals surface area contributed by atoms with Gasteiger partial charge < -0.3 is 10.1 Å². The first-order valence-electron chi connectivity index (χ1n) is 7.88. The second-order valence-electron chi connectivity index (χ2n) is 5.70. The highest BCUT2D eigenvalue weighted by Gasteiger charge is 2.35. The van der Waals surface area contributed by atoms with Crippen molar-refractivity contribution in [3.05, 3.63) is 59.8 Å². The molecule has 0 aliphatic heterocycles. The minimum Gasteiger partial charge on any atom is -0.490 e. The van der Waals surface area contributed by atoms with Crippen molar-refractivity contribution in [1.29, 1.82) is 0 Å². The van der Waals surface area contributed by atoms with Crippen molar-refractivity contribution < 1.29 is 17.9 Å². The van der Waals surface area contributed by atoms with Gasteiger partial charge in [-0.3, -0.25) is 5.10 Å². The number of aromatic amines is 1. The highest BCUT2D eigenvalue weighted by Crippen LogP contribution is 2.37. The van der Waals surface area contributed by atoms with E-state index in [2.05, 4.69) is 27.1 Å². The van der Waals surface area contributed by atoms with E-state index in [1.807, 2.05) is 12.1 Å². The number of aromatic nitrogens is 3. The number of aryl methyl sites for hydroxylation is 1. The van der Waals surface area contributed by atoms with Gasteiger partial charge in [-0.1, -0.05) is 24.8 Å². The molecule has 0 radical (unpaired) electrons. The zero-order chi connectivity index (χ0) is 18.7. The maximum absolute atomic E-state index is 13.3. The van der Waals surface area contributed by atoms with E-state index in [4.69, 9.17) is 4.74 Å². The van der Waals surface area contributed by atoms with Gasteiger partial charge in [0.25, 0.3) is 0 Å². The van der Waals surface area contributed by atoms with Crippen LogP contribution < -0.4 is 10.1 Å². The number of rotatable bonds is 6. The largest absolute Gasteiger partial charge is 0.490 e. The molecule has 0 bridgehead atoms. The van der Waals surface area contributed by atoms with Crippen LogP contribution in [0.3, 0.4) is 0 Å². The highest BCUT2D eigenvalue weighted by molar-refractivity contribution is 5.91. The van der Waals surface area contributed by atoms with Crippen molar-refractivity contribution in [3.63, 3.8) is 0 Å². The number of halogens is 3. The molecule has 0 aliphatic rings. The average Bonchev–Trinajstić information content (AvgIpc) is 3.00. The molecule has 0 saturated heterocycles. The summed E-state index contributed by atoms with van der Waals surface area (Å²) >= 11 is 0. The minimum absolute atomic E-state index is 0.0611. The van der Waals surface area contributed by atoms with E-state index in [0.717, 1.165) is 11.6 Å². The predicted molar refractivity (Wildman–Crippen MR) is 93.1 cm³/mol. The SMILES string of the molecule is C=CCOc1ccc(CNc2n[nH]c3nc(C)cc(C(F)(F)F)c23)cc1. The maximum Gasteiger partial charge on any atom is 0.417 e. The normalized spacial score (nSPS) is 11.5. The molecule has 0 amide bonds. The lowest BCUT2D eigenvalue weighted by Crippen LogP contribution is -2.08. The third-order valence-electron chi connectivity index (χ3n) is 3.71. The number of nitrogens with zero attached hydrogens (tertiary/aromatic N) is 2. The molecule has 2 N–H and O–H groups in total. The highest BCUT2D eigenvalue weighted by atomic mass is 19.4. The Labute approximate surface area is 147 Å². The zero-order valence-corrected chi connectivity index (χ0v) is 14.0. The molecule has 3 rings (SSSR count). The third-order valence-corrected chi connectivity index (χ3v) is 3.71. The standard InChI is InChI=1S/C18H17F3N4O/c1-3-8-26-13-6-4-12(5-7-13)10-22-16-15-14(18(19,20)21)9-11(2)23-17(15)25-24-16/h3-7,9H,1,8,10H2,2H3,(H2,22,23,24,25). The van der Waals surface area contributed by atoms with Crippen LogP contribution >= 0.6 is 0 Å². The first-order chi connectivity index (χ1) is 12.4. The fraction of sp³-hybridized carbons (Fsp3) is 0.222. The van der Waals surface area contributed by atoms with E-state index in [1.165, 1.54) is 6.92 Å². The number of hydrogen-bond acceptors (Lipinski definition) is 4. The van der Waals surface area contributed by atoms with Gasteiger partial charge in [-0.25, -0.2) is 4.98 Å². The van der Waals surface area contributed by atoms with Crippen molar-refractivity contribution in [3.8, 4) is 5.75 Å². The van der Waals surface area contributed by atoms with Crippen LogP contribution in [0.25, 0.3) is 11.0 Å². The summed E-state index contributed by atoms with van der Waals surface area (Å²) in [6, 6.07) is 8.25. The smallest absolute Gasteiger partial charge is 0.417 e. The van der Waals surface area contributed by atoms with Crippen molar-refractivity contribution in [2.45, 2.75) is 19.6 Å². The van der Waals surface area contributed by atoms with Crippen molar-refractivity contribution in [2.24, 2.45) is 0 Å². The van der Waals surface area contributed by atoms with Gasteiger partial charge in [-0.15, -0.1) is 0 Å². The molecule has 8 heteroatoms. The molecule has 3 aromatic rings. The molecule has 5 nitrogen and oxygen atoms in total. The van der Waals surface area contributed by atoms with Crippen molar-refractivity contribution in [2.75, 3.05) is 11.9 Å². The van der Waals surface area contributed by atoms with Gasteiger partial charge in [0.05, 0.1) is 10.9 Å². The fourth-order valence-electron chi connectivity index (χ4n) is 2.55. The molecule has 1 aromatic carbocycles. The molecular formula is C18H17F3N4O. The average molecular weight is 362 g/mol. The number of pyridine rings is 1. The topological polar surface area (TPSA) is 62.8 Å². The van der Waals surface area contributed by atoms with Gasteiger partial charge in [-0.05, 0) is 30.7 Å². The van der Waals surface area contributed by atoms with Crippen molar-refractivity contribution >= 4 is 16.9 Å². The van der Waals surface area contributed by atoms with E-state index >= 15 is 0 Å². The van der Waals surface area contributed by atoms with Crippen LogP contribution in [0.2, 0.25) is 0 Å². The predicted octanol–water partition coefficient (Wildman–Crippen LogP) is 4.46. The quantitative estimate of drug-likeness (QED) is 0.636. The number of alkyl halides is 3. The summed E-state index contributed by atoms with van der Waals surface area (Å²) in [5.41, 5.74) is 0.494. The molecule has 0 fully saturated rings. The van der Waals surface area contributed by atoms with Crippen LogP contribution in [0.4, 0.5) is 19.0 Å². The second kappa shape index (κ2) is 7.07. The van der Waals surface area contributed by atoms with Gasteiger partial charge >= 0.3 is 6.18 Å². The summed E-state index contributed by atoms with van der Waals surface area (Å²) in [5.74, 6) is 0.810. The lowest BCUT2D eigenvalue weighted by molar-refractivity contribution is -0.136. The van der Waals surface area contributed by atoms with Crippen molar-refractivity contribution in [1.82, 2.24) is 15.2 Å². The van der Waals surface area contributed by atoms with E-state index in [0.29, 0.717) is 18.9 Å². The van der Waals surface area contributed by atoms with Crippen LogP contribution in [0.5, 0.6) is 5.75 Å². The Balaban J connectivity index is 1.82. The lowest BCUT2D eigenvalue weighted by Gasteiger charge is -2.11. The van der Waals surface area contributed by atoms with E-state index < -0.39 is 11.7 Å². The van der Waals surface area contributed by atoms with Gasteiger partial charge in [0.15, 0.2) is 11.5 Å². The summed E-state index contributed by atoms with van der Waals surface area (Å²) in [6.07, 6.45) is -2.84. The molecule has 136 valence electrons. The number of fused-ring (bicyclic) bond motifs is 1. The number of nitrogens with one attached hydrogen (secondary N) is 2. The van der Waals surface area contributed by atoms with Crippen LogP contribution in [0.1, 0.15) is 16.8 Å². The van der Waals surface area contributed by atoms with Gasteiger partial charge in [0.2, 0.25) is 0 Å². The molecular weight excluding hydrogens is 345 g/mol. The Morgan fingerprint density at radius 2 is 2.00 bits per heavy atom. The fourth-order valence-corrected chi connectivity index (χ4v) is 2.55. The van der Waals surface area contributed by atoms with E-state index in [-0.39, 0.29) is 22.5 Å². The summed E-state index contributed by atoms with van der Waals surface area (Å²) in [4.78, 5) is 4.08. The monoisotopic (exact) mass is 362 g/mol. The number of ether oxygens (including phenoxy) is 1. The van der Waals surface area contributed by atoms with Crippen LogP contribution in [-0.4, -0.2) is 21.8 Å². The third kappa shape index (κ3) is 3.79. The number of benzene rings is 1. The van der Waals surface area contributed by atoms with Gasteiger partial charge in [-0.2, -0.15) is 18.3 Å². The molecule has 26 heavy (non-hydrogen) atoms. The Morgan fingerprint density at radius 1 is 1.27 bits per heavy atom. The Morgan fingerprint density at radius 3 is 2.65 bits per heavy atom. The first kappa shape index (κ1) is 17.8. The number of anilines is 1. The Hall–Kier alpha value is -3.03. The number of H-pyrrole nitrogens is 1. The summed E-state index contributed by atoms with van der Waals surface area (Å²) < 4.78 is 45.4. The molecule has 2 heterocycles. The van der Waals surface area contributed by atoms with E-state index in [9.17, 15) is 13.2 Å². The number of hydrogen-bond donors (Lipinski definition) is 2. The first-order valence-corrected chi connectivity index (χ1v) is 7.88. The maximum atomic E-state index is 13.3. The summed E-state index contributed by atoms with van der Waals surface area (Å²) in [5, 5.41) is 9.38. The molecule has 0 unspecified atom stereocenters. The summed E-state index contributed by atoms with van der Waals surface area (Å²) in [7, 11) is 0. The van der Waals surface area contributed by atoms with Gasteiger partial charge in [0.1, 0.15) is 12.4 Å². The van der Waals surface area contributed by atoms with E-state index in [1.54, 1.807) is 18.2 Å². The van der Waals surface area contributed by atoms with Crippen LogP contribution in [0, 0.1) is 6.92 Å². The zero-order valence-electron chi connectivity index (χ0n) is 14.0. The van der Waals surface area contributed by atoms with Gasteiger partial charge in [0, 0.05) is 12.2 Å². The van der Waals surface area contributed by atoms with Crippen LogP contribution in [-0.2, 0) is 12.7 Å². The lowest BCUT2D eigenvalue weighted by atomic mass is 10.1. The Kier molecular flexibility index (Phi) is 4.83. The molecule has 0 saturated carbocycles. The summed E-state index contributed by atoms with van der Waals surface area (Å²) in [6.45, 7) is 5.81. The van der Waals surface area contributed by atoms with Crippen LogP contribution in [0.15, 0.2) is 43.0 Å².